The summed E-state index contributed by atoms with van der Waals surface area (Å²) in [5.41, 5.74) is 1.89. The SMILES string of the molecule is CCNC(=O)c1ccc(N2CCN[C@@H](c3ccccc3)C2)nc1. The highest BCUT2D eigenvalue weighted by molar-refractivity contribution is 5.94. The molecular weight excluding hydrogens is 288 g/mol. The van der Waals surface area contributed by atoms with Crippen LogP contribution >= 0.6 is 0 Å². The molecule has 1 aliphatic heterocycles. The Kier molecular flexibility index (Phi) is 4.88. The van der Waals surface area contributed by atoms with Gasteiger partial charge in [0.15, 0.2) is 0 Å². The smallest absolute Gasteiger partial charge is 0.252 e. The molecule has 5 nitrogen and oxygen atoms in total. The van der Waals surface area contributed by atoms with Crippen LogP contribution in [0.5, 0.6) is 0 Å². The van der Waals surface area contributed by atoms with Gasteiger partial charge in [0.05, 0.1) is 5.56 Å². The minimum absolute atomic E-state index is 0.0750. The summed E-state index contributed by atoms with van der Waals surface area (Å²) < 4.78 is 0. The van der Waals surface area contributed by atoms with Gasteiger partial charge in [-0.2, -0.15) is 0 Å². The third-order valence-corrected chi connectivity index (χ3v) is 4.05. The molecule has 0 saturated carbocycles. The number of hydrogen-bond acceptors (Lipinski definition) is 4. The molecular formula is C18H22N4O. The number of nitrogens with zero attached hydrogens (tertiary/aromatic N) is 2. The zero-order valence-corrected chi connectivity index (χ0v) is 13.3. The average Bonchev–Trinajstić information content (AvgIpc) is 2.63. The van der Waals surface area contributed by atoms with Crippen molar-refractivity contribution >= 4 is 11.7 Å². The Morgan fingerprint density at radius 1 is 1.30 bits per heavy atom. The Bertz CT molecular complexity index is 642. The van der Waals surface area contributed by atoms with Gasteiger partial charge < -0.3 is 15.5 Å². The molecule has 1 aliphatic rings. The standard InChI is InChI=1S/C18H22N4O/c1-2-19-18(23)15-8-9-17(21-12-15)22-11-10-20-16(13-22)14-6-4-3-5-7-14/h3-9,12,16,20H,2,10-11,13H2,1H3,(H,19,23)/t16-/m1/s1. The van der Waals surface area contributed by atoms with Crippen LogP contribution < -0.4 is 15.5 Å². The molecule has 120 valence electrons. The molecule has 2 N–H and O–H groups in total. The fourth-order valence-corrected chi connectivity index (χ4v) is 2.84. The van der Waals surface area contributed by atoms with Gasteiger partial charge in [-0.1, -0.05) is 30.3 Å². The maximum atomic E-state index is 11.8. The van der Waals surface area contributed by atoms with Gasteiger partial charge >= 0.3 is 0 Å². The van der Waals surface area contributed by atoms with Gasteiger partial charge in [-0.15, -0.1) is 0 Å². The average molecular weight is 310 g/mol. The fraction of sp³-hybridized carbons (Fsp3) is 0.333. The molecule has 0 aliphatic carbocycles. The minimum Gasteiger partial charge on any atom is -0.353 e. The van der Waals surface area contributed by atoms with Crippen LogP contribution in [0.15, 0.2) is 48.7 Å². The number of carbonyl (C=O) groups is 1. The lowest BCUT2D eigenvalue weighted by atomic mass is 10.0. The molecule has 0 spiro atoms. The van der Waals surface area contributed by atoms with Crippen LogP contribution in [0.25, 0.3) is 0 Å². The number of anilines is 1. The first-order chi connectivity index (χ1) is 11.3. The molecule has 5 heteroatoms. The first kappa shape index (κ1) is 15.5. The summed E-state index contributed by atoms with van der Waals surface area (Å²) in [5.74, 6) is 0.842. The Hall–Kier alpha value is -2.40. The molecule has 1 amide bonds. The normalized spacial score (nSPS) is 17.8. The highest BCUT2D eigenvalue weighted by atomic mass is 16.1. The van der Waals surface area contributed by atoms with Crippen LogP contribution in [0, 0.1) is 0 Å². The van der Waals surface area contributed by atoms with Crippen molar-refractivity contribution in [1.29, 1.82) is 0 Å². The van der Waals surface area contributed by atoms with Crippen molar-refractivity contribution in [2.45, 2.75) is 13.0 Å². The fourth-order valence-electron chi connectivity index (χ4n) is 2.84. The molecule has 0 bridgehead atoms. The predicted octanol–water partition coefficient (Wildman–Crippen LogP) is 1.98. The molecule has 1 atom stereocenters. The van der Waals surface area contributed by atoms with E-state index in [0.717, 1.165) is 25.5 Å². The summed E-state index contributed by atoms with van der Waals surface area (Å²) in [6.07, 6.45) is 1.65. The van der Waals surface area contributed by atoms with Crippen LogP contribution in [0.3, 0.4) is 0 Å². The number of nitrogens with one attached hydrogen (secondary N) is 2. The molecule has 1 saturated heterocycles. The number of carbonyl (C=O) groups excluding carboxylic acids is 1. The second-order valence-corrected chi connectivity index (χ2v) is 5.63. The van der Waals surface area contributed by atoms with Gasteiger partial charge in [0.25, 0.3) is 5.91 Å². The van der Waals surface area contributed by atoms with E-state index in [1.165, 1.54) is 5.56 Å². The van der Waals surface area contributed by atoms with Crippen LogP contribution in [-0.2, 0) is 0 Å². The topological polar surface area (TPSA) is 57.3 Å². The van der Waals surface area contributed by atoms with E-state index in [2.05, 4.69) is 44.8 Å². The molecule has 0 radical (unpaired) electrons. The largest absolute Gasteiger partial charge is 0.353 e. The lowest BCUT2D eigenvalue weighted by Crippen LogP contribution is -2.46. The minimum atomic E-state index is -0.0750. The van der Waals surface area contributed by atoms with E-state index in [9.17, 15) is 4.79 Å². The predicted molar refractivity (Wildman–Crippen MR) is 91.6 cm³/mol. The van der Waals surface area contributed by atoms with E-state index in [0.29, 0.717) is 18.2 Å². The van der Waals surface area contributed by atoms with E-state index in [-0.39, 0.29) is 5.91 Å². The van der Waals surface area contributed by atoms with Gasteiger partial charge in [-0.25, -0.2) is 4.98 Å². The maximum Gasteiger partial charge on any atom is 0.252 e. The van der Waals surface area contributed by atoms with E-state index in [4.69, 9.17) is 0 Å². The highest BCUT2D eigenvalue weighted by Gasteiger charge is 2.21. The number of amides is 1. The number of benzene rings is 1. The van der Waals surface area contributed by atoms with Gasteiger partial charge in [-0.05, 0) is 24.6 Å². The monoisotopic (exact) mass is 310 g/mol. The Morgan fingerprint density at radius 2 is 2.13 bits per heavy atom. The van der Waals surface area contributed by atoms with Crippen molar-refractivity contribution in [2.24, 2.45) is 0 Å². The lowest BCUT2D eigenvalue weighted by Gasteiger charge is -2.34. The third kappa shape index (κ3) is 3.68. The van der Waals surface area contributed by atoms with Crippen LogP contribution in [0.4, 0.5) is 5.82 Å². The second-order valence-electron chi connectivity index (χ2n) is 5.63. The molecule has 2 heterocycles. The van der Waals surface area contributed by atoms with Crippen molar-refractivity contribution < 1.29 is 4.79 Å². The Labute approximate surface area is 136 Å². The lowest BCUT2D eigenvalue weighted by molar-refractivity contribution is 0.0955. The molecule has 3 rings (SSSR count). The number of hydrogen-bond donors (Lipinski definition) is 2. The first-order valence-electron chi connectivity index (χ1n) is 8.05. The van der Waals surface area contributed by atoms with Gasteiger partial charge in [-0.3, -0.25) is 4.79 Å². The zero-order chi connectivity index (χ0) is 16.1. The number of aromatic nitrogens is 1. The van der Waals surface area contributed by atoms with Gasteiger partial charge in [0, 0.05) is 38.4 Å². The zero-order valence-electron chi connectivity index (χ0n) is 13.3. The van der Waals surface area contributed by atoms with Crippen molar-refractivity contribution in [3.63, 3.8) is 0 Å². The van der Waals surface area contributed by atoms with E-state index in [1.807, 2.05) is 25.1 Å². The van der Waals surface area contributed by atoms with Gasteiger partial charge in [0.1, 0.15) is 5.82 Å². The number of piperazine rings is 1. The third-order valence-electron chi connectivity index (χ3n) is 4.05. The second kappa shape index (κ2) is 7.24. The van der Waals surface area contributed by atoms with Gasteiger partial charge in [0.2, 0.25) is 0 Å². The first-order valence-corrected chi connectivity index (χ1v) is 8.05. The number of rotatable bonds is 4. The maximum absolute atomic E-state index is 11.8. The molecule has 1 aromatic heterocycles. The molecule has 2 aromatic rings. The summed E-state index contributed by atoms with van der Waals surface area (Å²) in [7, 11) is 0. The molecule has 23 heavy (non-hydrogen) atoms. The van der Waals surface area contributed by atoms with Crippen molar-refractivity contribution in [1.82, 2.24) is 15.6 Å². The van der Waals surface area contributed by atoms with E-state index < -0.39 is 0 Å². The van der Waals surface area contributed by atoms with Crippen molar-refractivity contribution in [3.8, 4) is 0 Å². The van der Waals surface area contributed by atoms with E-state index >= 15 is 0 Å². The van der Waals surface area contributed by atoms with Crippen LogP contribution in [0.1, 0.15) is 28.9 Å². The highest BCUT2D eigenvalue weighted by Crippen LogP contribution is 2.21. The summed E-state index contributed by atoms with van der Waals surface area (Å²) in [6.45, 7) is 5.23. The number of pyridine rings is 1. The van der Waals surface area contributed by atoms with Crippen molar-refractivity contribution in [3.05, 3.63) is 59.8 Å². The van der Waals surface area contributed by atoms with Crippen molar-refractivity contribution in [2.75, 3.05) is 31.1 Å². The summed E-state index contributed by atoms with van der Waals surface area (Å²) in [4.78, 5) is 18.5. The summed E-state index contributed by atoms with van der Waals surface area (Å²) in [6, 6.07) is 14.5. The van der Waals surface area contributed by atoms with E-state index in [1.54, 1.807) is 6.20 Å². The Balaban J connectivity index is 1.70. The van der Waals surface area contributed by atoms with Crippen LogP contribution in [0.2, 0.25) is 0 Å². The quantitative estimate of drug-likeness (QED) is 0.907. The summed E-state index contributed by atoms with van der Waals surface area (Å²) in [5, 5.41) is 6.33. The molecule has 1 aromatic carbocycles. The Morgan fingerprint density at radius 3 is 2.83 bits per heavy atom. The van der Waals surface area contributed by atoms with Crippen LogP contribution in [-0.4, -0.2) is 37.1 Å². The molecule has 1 fully saturated rings. The summed E-state index contributed by atoms with van der Waals surface area (Å²) >= 11 is 0. The molecule has 0 unspecified atom stereocenters.